The third-order valence-electron chi connectivity index (χ3n) is 2.73. The normalized spacial score (nSPS) is 18.5. The minimum atomic E-state index is -5.55. The predicted octanol–water partition coefficient (Wildman–Crippen LogP) is 2.24. The summed E-state index contributed by atoms with van der Waals surface area (Å²) in [5, 5.41) is 0. The summed E-state index contributed by atoms with van der Waals surface area (Å²) in [5.41, 5.74) is -4.92. The summed E-state index contributed by atoms with van der Waals surface area (Å²) in [7, 11) is -5.55. The maximum Gasteiger partial charge on any atom is 0.534 e. The molecule has 0 aromatic heterocycles. The van der Waals surface area contributed by atoms with Gasteiger partial charge in [0.1, 0.15) is 5.76 Å². The van der Waals surface area contributed by atoms with Crippen molar-refractivity contribution in [1.82, 2.24) is 4.90 Å². The van der Waals surface area contributed by atoms with Crippen LogP contribution in [-0.2, 0) is 14.3 Å². The summed E-state index contributed by atoms with van der Waals surface area (Å²) in [5.74, 6) is -0.187. The van der Waals surface area contributed by atoms with Crippen LogP contribution in [0.2, 0.25) is 0 Å². The van der Waals surface area contributed by atoms with Crippen molar-refractivity contribution < 1.29 is 25.8 Å². The first-order chi connectivity index (χ1) is 7.84. The summed E-state index contributed by atoms with van der Waals surface area (Å²) in [6.45, 7) is 7.97. The minimum Gasteiger partial charge on any atom is -0.381 e. The molecule has 0 aromatic carbocycles. The highest BCUT2D eigenvalue weighted by atomic mass is 32.2. The van der Waals surface area contributed by atoms with E-state index in [4.69, 9.17) is 0 Å². The van der Waals surface area contributed by atoms with E-state index in [1.807, 2.05) is 25.7 Å². The van der Waals surface area contributed by atoms with Gasteiger partial charge in [-0.25, -0.2) is 0 Å². The van der Waals surface area contributed by atoms with Gasteiger partial charge in [0.05, 0.1) is 0 Å². The highest BCUT2D eigenvalue weighted by molar-refractivity contribution is 7.87. The zero-order chi connectivity index (χ0) is 14.4. The van der Waals surface area contributed by atoms with Crippen LogP contribution >= 0.6 is 0 Å². The fraction of sp³-hybridized carbons (Fsp3) is 0.800. The molecule has 0 amide bonds. The molecule has 8 heteroatoms. The summed E-state index contributed by atoms with van der Waals surface area (Å²) >= 11 is 0. The fourth-order valence-corrected chi connectivity index (χ4v) is 1.92. The molecule has 1 fully saturated rings. The Morgan fingerprint density at radius 3 is 2.00 bits per heavy atom. The molecule has 0 atom stereocenters. The number of likely N-dealkylation sites (tertiary alicyclic amines) is 1. The Bertz CT molecular complexity index is 452. The molecule has 0 radical (unpaired) electrons. The molecule has 1 heterocycles. The Morgan fingerprint density at radius 1 is 1.22 bits per heavy atom. The van der Waals surface area contributed by atoms with Crippen molar-refractivity contribution in [2.45, 2.75) is 38.7 Å². The largest absolute Gasteiger partial charge is 0.534 e. The van der Waals surface area contributed by atoms with Crippen LogP contribution in [0.5, 0.6) is 0 Å². The van der Waals surface area contributed by atoms with Crippen LogP contribution in [0.3, 0.4) is 0 Å². The SMILES string of the molecule is CC(OS(=O)(=O)C(F)(F)F)=C1CN(C(C)(C)C)C1. The van der Waals surface area contributed by atoms with Crippen LogP contribution in [0.4, 0.5) is 13.2 Å². The Hall–Kier alpha value is -0.760. The first-order valence-corrected chi connectivity index (χ1v) is 6.70. The third-order valence-corrected chi connectivity index (χ3v) is 3.76. The zero-order valence-electron chi connectivity index (χ0n) is 10.6. The number of alkyl halides is 3. The molecule has 0 aliphatic carbocycles. The van der Waals surface area contributed by atoms with Crippen molar-refractivity contribution in [2.24, 2.45) is 0 Å². The fourth-order valence-electron chi connectivity index (χ4n) is 1.38. The molecule has 0 aromatic rings. The Kier molecular flexibility index (Phi) is 3.75. The monoisotopic (exact) mass is 287 g/mol. The molecule has 1 aliphatic heterocycles. The lowest BCUT2D eigenvalue weighted by Crippen LogP contribution is -2.52. The van der Waals surface area contributed by atoms with Crippen molar-refractivity contribution in [3.8, 4) is 0 Å². The van der Waals surface area contributed by atoms with E-state index in [1.165, 1.54) is 6.92 Å². The van der Waals surface area contributed by atoms with Crippen molar-refractivity contribution in [3.63, 3.8) is 0 Å². The predicted molar refractivity (Wildman–Crippen MR) is 60.1 cm³/mol. The van der Waals surface area contributed by atoms with Crippen molar-refractivity contribution in [3.05, 3.63) is 11.3 Å². The van der Waals surface area contributed by atoms with Gasteiger partial charge in [-0.1, -0.05) is 0 Å². The molecular weight excluding hydrogens is 271 g/mol. The molecule has 18 heavy (non-hydrogen) atoms. The van der Waals surface area contributed by atoms with E-state index in [0.717, 1.165) is 0 Å². The van der Waals surface area contributed by atoms with Gasteiger partial charge in [-0.05, 0) is 33.3 Å². The molecule has 0 spiro atoms. The molecule has 106 valence electrons. The van der Waals surface area contributed by atoms with Gasteiger partial charge in [0, 0.05) is 18.6 Å². The quantitative estimate of drug-likeness (QED) is 0.444. The average molecular weight is 287 g/mol. The van der Waals surface area contributed by atoms with Crippen LogP contribution in [0.1, 0.15) is 27.7 Å². The van der Waals surface area contributed by atoms with Crippen molar-refractivity contribution >= 4 is 10.1 Å². The second-order valence-corrected chi connectivity index (χ2v) is 6.71. The first kappa shape index (κ1) is 15.3. The Balaban J connectivity index is 2.73. The van der Waals surface area contributed by atoms with E-state index < -0.39 is 15.6 Å². The Morgan fingerprint density at radius 2 is 1.67 bits per heavy atom. The van der Waals surface area contributed by atoms with E-state index >= 15 is 0 Å². The van der Waals surface area contributed by atoms with Crippen molar-refractivity contribution in [2.75, 3.05) is 13.1 Å². The van der Waals surface area contributed by atoms with Gasteiger partial charge in [-0.3, -0.25) is 4.90 Å². The molecule has 1 rings (SSSR count). The molecule has 4 nitrogen and oxygen atoms in total. The smallest absolute Gasteiger partial charge is 0.381 e. The van der Waals surface area contributed by atoms with E-state index in [2.05, 4.69) is 4.18 Å². The van der Waals surface area contributed by atoms with E-state index in [1.54, 1.807) is 0 Å². The highest BCUT2D eigenvalue weighted by Gasteiger charge is 2.49. The van der Waals surface area contributed by atoms with Gasteiger partial charge in [0.2, 0.25) is 0 Å². The third kappa shape index (κ3) is 3.17. The molecule has 1 saturated heterocycles. The molecule has 0 saturated carbocycles. The first-order valence-electron chi connectivity index (χ1n) is 5.29. The van der Waals surface area contributed by atoms with Crippen LogP contribution in [0.25, 0.3) is 0 Å². The topological polar surface area (TPSA) is 46.6 Å². The lowest BCUT2D eigenvalue weighted by Gasteiger charge is -2.44. The summed E-state index contributed by atoms with van der Waals surface area (Å²) < 4.78 is 61.9. The average Bonchev–Trinajstić information content (AvgIpc) is 1.92. The second-order valence-electron chi connectivity index (χ2n) is 5.17. The molecule has 0 unspecified atom stereocenters. The molecular formula is C10H16F3NO3S. The minimum absolute atomic E-state index is 0.104. The summed E-state index contributed by atoms with van der Waals surface area (Å²) in [4.78, 5) is 2.00. The number of nitrogens with zero attached hydrogens (tertiary/aromatic N) is 1. The molecule has 0 bridgehead atoms. The number of hydrogen-bond acceptors (Lipinski definition) is 4. The maximum absolute atomic E-state index is 12.1. The van der Waals surface area contributed by atoms with E-state index in [9.17, 15) is 21.6 Å². The van der Waals surface area contributed by atoms with Crippen LogP contribution < -0.4 is 0 Å². The van der Waals surface area contributed by atoms with Gasteiger partial charge < -0.3 is 4.18 Å². The highest BCUT2D eigenvalue weighted by Crippen LogP contribution is 2.31. The summed E-state index contributed by atoms with van der Waals surface area (Å²) in [6.07, 6.45) is 0. The van der Waals surface area contributed by atoms with Crippen LogP contribution in [-0.4, -0.2) is 37.5 Å². The van der Waals surface area contributed by atoms with Crippen LogP contribution in [0.15, 0.2) is 11.3 Å². The van der Waals surface area contributed by atoms with Gasteiger partial charge in [-0.2, -0.15) is 21.6 Å². The molecule has 0 N–H and O–H groups in total. The van der Waals surface area contributed by atoms with Gasteiger partial charge in [-0.15, -0.1) is 0 Å². The zero-order valence-corrected chi connectivity index (χ0v) is 11.4. The van der Waals surface area contributed by atoms with E-state index in [0.29, 0.717) is 18.7 Å². The maximum atomic E-state index is 12.1. The van der Waals surface area contributed by atoms with Gasteiger partial charge in [0.15, 0.2) is 0 Å². The number of hydrogen-bond donors (Lipinski definition) is 0. The van der Waals surface area contributed by atoms with Gasteiger partial charge >= 0.3 is 15.6 Å². The van der Waals surface area contributed by atoms with Gasteiger partial charge in [0.25, 0.3) is 0 Å². The van der Waals surface area contributed by atoms with E-state index in [-0.39, 0.29) is 11.3 Å². The van der Waals surface area contributed by atoms with Crippen LogP contribution in [0, 0.1) is 0 Å². The lowest BCUT2D eigenvalue weighted by atomic mass is 9.97. The number of allylic oxidation sites excluding steroid dienone is 1. The summed E-state index contributed by atoms with van der Waals surface area (Å²) in [6, 6.07) is 0. The standard InChI is InChI=1S/C10H16F3NO3S/c1-7(17-18(15,16)10(11,12)13)8-5-14(6-8)9(2,3)4/h5-6H2,1-4H3. The number of rotatable bonds is 2. The number of halogens is 3. The second kappa shape index (κ2) is 4.41. The Labute approximate surface area is 105 Å². The van der Waals surface area contributed by atoms with Crippen molar-refractivity contribution in [1.29, 1.82) is 0 Å². The lowest BCUT2D eigenvalue weighted by molar-refractivity contribution is -0.0524. The molecule has 1 aliphatic rings.